The van der Waals surface area contributed by atoms with Crippen LogP contribution in [0.2, 0.25) is 0 Å². The minimum Gasteiger partial charge on any atom is -0.492 e. The van der Waals surface area contributed by atoms with Crippen LogP contribution in [0.5, 0.6) is 5.75 Å². The van der Waals surface area contributed by atoms with Crippen molar-refractivity contribution in [1.29, 1.82) is 0 Å². The maximum Gasteiger partial charge on any atom is 0.246 e. The summed E-state index contributed by atoms with van der Waals surface area (Å²) in [6.07, 6.45) is 3.84. The van der Waals surface area contributed by atoms with Crippen molar-refractivity contribution in [3.05, 3.63) is 78.5 Å². The van der Waals surface area contributed by atoms with Crippen molar-refractivity contribution in [2.45, 2.75) is 31.8 Å². The third kappa shape index (κ3) is 5.49. The molecule has 3 aromatic rings. The molecule has 0 saturated carbocycles. The molecule has 0 spiro atoms. The van der Waals surface area contributed by atoms with E-state index in [0.717, 1.165) is 37.3 Å². The number of rotatable bonds is 9. The second-order valence-electron chi connectivity index (χ2n) is 8.24. The molecule has 1 N–H and O–H groups in total. The van der Waals surface area contributed by atoms with E-state index in [2.05, 4.69) is 25.3 Å². The number of benzene rings is 2. The first-order valence-corrected chi connectivity index (χ1v) is 11.5. The highest BCUT2D eigenvalue weighted by Crippen LogP contribution is 2.29. The van der Waals surface area contributed by atoms with Gasteiger partial charge in [0.05, 0.1) is 12.3 Å². The van der Waals surface area contributed by atoms with Crippen LogP contribution in [0, 0.1) is 0 Å². The lowest BCUT2D eigenvalue weighted by Crippen LogP contribution is -2.43. The van der Waals surface area contributed by atoms with Crippen molar-refractivity contribution in [3.8, 4) is 5.75 Å². The number of ether oxygens (including phenoxy) is 1. The second kappa shape index (κ2) is 10.9. The Bertz CT molecular complexity index is 1030. The molecule has 33 heavy (non-hydrogen) atoms. The third-order valence-corrected chi connectivity index (χ3v) is 5.98. The molecule has 7 heteroatoms. The first kappa shape index (κ1) is 22.7. The Kier molecular flexibility index (Phi) is 7.52. The van der Waals surface area contributed by atoms with E-state index in [1.54, 1.807) is 6.20 Å². The van der Waals surface area contributed by atoms with Crippen molar-refractivity contribution in [3.63, 3.8) is 0 Å². The van der Waals surface area contributed by atoms with Crippen molar-refractivity contribution in [1.82, 2.24) is 15.1 Å². The van der Waals surface area contributed by atoms with E-state index in [1.807, 2.05) is 80.7 Å². The van der Waals surface area contributed by atoms with Crippen LogP contribution in [-0.2, 0) is 4.79 Å². The van der Waals surface area contributed by atoms with Gasteiger partial charge in [-0.15, -0.1) is 5.10 Å². The van der Waals surface area contributed by atoms with Gasteiger partial charge in [0.2, 0.25) is 5.91 Å². The Morgan fingerprint density at radius 2 is 1.94 bits per heavy atom. The van der Waals surface area contributed by atoms with E-state index in [0.29, 0.717) is 18.0 Å². The summed E-state index contributed by atoms with van der Waals surface area (Å²) in [5, 5.41) is 11.4. The molecule has 2 heterocycles. The zero-order valence-electron chi connectivity index (χ0n) is 19.2. The Balaban J connectivity index is 1.55. The van der Waals surface area contributed by atoms with Crippen LogP contribution in [0.25, 0.3) is 0 Å². The zero-order valence-corrected chi connectivity index (χ0v) is 19.2. The molecule has 2 aromatic carbocycles. The van der Waals surface area contributed by atoms with Gasteiger partial charge < -0.3 is 15.0 Å². The summed E-state index contributed by atoms with van der Waals surface area (Å²) in [6, 6.07) is 21.2. The normalized spacial score (nSPS) is 16.6. The van der Waals surface area contributed by atoms with Gasteiger partial charge in [-0.3, -0.25) is 9.69 Å². The molecular formula is C26H31N5O2. The standard InChI is InChI=1S/C26H31N5O2/c1-3-33-23-15-8-7-14-22(23)28-26(32)25(20-11-5-4-6-12-20)30(2)19-21-13-10-18-31(21)24-16-9-17-27-29-24/h4-9,11-12,14-17,21,25H,3,10,13,18-19H2,1-2H3,(H,28,32). The van der Waals surface area contributed by atoms with Gasteiger partial charge in [0.25, 0.3) is 0 Å². The summed E-state index contributed by atoms with van der Waals surface area (Å²) >= 11 is 0. The van der Waals surface area contributed by atoms with Gasteiger partial charge in [0.15, 0.2) is 5.82 Å². The van der Waals surface area contributed by atoms with E-state index in [-0.39, 0.29) is 11.9 Å². The number of amides is 1. The Hall–Kier alpha value is -3.45. The maximum absolute atomic E-state index is 13.6. The predicted octanol–water partition coefficient (Wildman–Crippen LogP) is 4.16. The van der Waals surface area contributed by atoms with Crippen LogP contribution in [0.4, 0.5) is 11.5 Å². The van der Waals surface area contributed by atoms with Crippen LogP contribution >= 0.6 is 0 Å². The summed E-state index contributed by atoms with van der Waals surface area (Å²) in [6.45, 7) is 4.15. The largest absolute Gasteiger partial charge is 0.492 e. The van der Waals surface area contributed by atoms with Crippen LogP contribution in [0.15, 0.2) is 72.9 Å². The molecular weight excluding hydrogens is 414 g/mol. The summed E-state index contributed by atoms with van der Waals surface area (Å²) in [4.78, 5) is 18.0. The minimum atomic E-state index is -0.440. The Morgan fingerprint density at radius 1 is 1.15 bits per heavy atom. The second-order valence-corrected chi connectivity index (χ2v) is 8.24. The number of aromatic nitrogens is 2. The molecule has 0 bridgehead atoms. The van der Waals surface area contributed by atoms with Crippen molar-refractivity contribution in [2.24, 2.45) is 0 Å². The van der Waals surface area contributed by atoms with Crippen LogP contribution in [0.1, 0.15) is 31.4 Å². The molecule has 1 fully saturated rings. The van der Waals surface area contributed by atoms with E-state index >= 15 is 0 Å². The first-order chi connectivity index (χ1) is 16.2. The van der Waals surface area contributed by atoms with E-state index in [1.165, 1.54) is 0 Å². The van der Waals surface area contributed by atoms with Gasteiger partial charge in [-0.05, 0) is 56.6 Å². The minimum absolute atomic E-state index is 0.0834. The number of nitrogens with zero attached hydrogens (tertiary/aromatic N) is 4. The molecule has 4 rings (SSSR count). The van der Waals surface area contributed by atoms with Crippen molar-refractivity contribution in [2.75, 3.05) is 37.0 Å². The molecule has 172 valence electrons. The maximum atomic E-state index is 13.6. The van der Waals surface area contributed by atoms with Gasteiger partial charge in [0, 0.05) is 25.3 Å². The molecule has 0 aliphatic carbocycles. The van der Waals surface area contributed by atoms with Gasteiger partial charge in [0.1, 0.15) is 11.8 Å². The van der Waals surface area contributed by atoms with Gasteiger partial charge in [-0.2, -0.15) is 5.10 Å². The van der Waals surface area contributed by atoms with Crippen molar-refractivity contribution >= 4 is 17.4 Å². The highest BCUT2D eigenvalue weighted by atomic mass is 16.5. The number of carbonyl (C=O) groups is 1. The third-order valence-electron chi connectivity index (χ3n) is 5.98. The number of hydrogen-bond donors (Lipinski definition) is 1. The molecule has 2 atom stereocenters. The predicted molar refractivity (Wildman–Crippen MR) is 130 cm³/mol. The number of carbonyl (C=O) groups excluding carboxylic acids is 1. The lowest BCUT2D eigenvalue weighted by molar-refractivity contribution is -0.121. The van der Waals surface area contributed by atoms with Gasteiger partial charge >= 0.3 is 0 Å². The molecule has 1 aromatic heterocycles. The smallest absolute Gasteiger partial charge is 0.246 e. The number of likely N-dealkylation sites (N-methyl/N-ethyl adjacent to an activating group) is 1. The van der Waals surface area contributed by atoms with Crippen LogP contribution in [0.3, 0.4) is 0 Å². The fraction of sp³-hybridized carbons (Fsp3) is 0.346. The Morgan fingerprint density at radius 3 is 2.70 bits per heavy atom. The summed E-state index contributed by atoms with van der Waals surface area (Å²) in [5.41, 5.74) is 1.64. The molecule has 1 aliphatic heterocycles. The molecule has 7 nitrogen and oxygen atoms in total. The highest BCUT2D eigenvalue weighted by molar-refractivity contribution is 5.96. The number of nitrogens with one attached hydrogen (secondary N) is 1. The van der Waals surface area contributed by atoms with E-state index < -0.39 is 6.04 Å². The van der Waals surface area contributed by atoms with E-state index in [9.17, 15) is 4.79 Å². The van der Waals surface area contributed by atoms with Crippen molar-refractivity contribution < 1.29 is 9.53 Å². The fourth-order valence-electron chi connectivity index (χ4n) is 4.51. The van der Waals surface area contributed by atoms with E-state index in [4.69, 9.17) is 4.74 Å². The lowest BCUT2D eigenvalue weighted by Gasteiger charge is -2.33. The average molecular weight is 446 g/mol. The summed E-state index contributed by atoms with van der Waals surface area (Å²) in [7, 11) is 2.01. The summed E-state index contributed by atoms with van der Waals surface area (Å²) in [5.74, 6) is 1.48. The summed E-state index contributed by atoms with van der Waals surface area (Å²) < 4.78 is 5.71. The first-order valence-electron chi connectivity index (χ1n) is 11.5. The fourth-order valence-corrected chi connectivity index (χ4v) is 4.51. The highest BCUT2D eigenvalue weighted by Gasteiger charge is 2.32. The van der Waals surface area contributed by atoms with Crippen LogP contribution < -0.4 is 15.0 Å². The molecule has 1 saturated heterocycles. The SMILES string of the molecule is CCOc1ccccc1NC(=O)C(c1ccccc1)N(C)CC1CCCN1c1cccnn1. The average Bonchev–Trinajstić information content (AvgIpc) is 3.30. The lowest BCUT2D eigenvalue weighted by atomic mass is 10.0. The van der Waals surface area contributed by atoms with Crippen LogP contribution in [-0.4, -0.2) is 53.8 Å². The number of anilines is 2. The van der Waals surface area contributed by atoms with Gasteiger partial charge in [-0.25, -0.2) is 0 Å². The van der Waals surface area contributed by atoms with Gasteiger partial charge in [-0.1, -0.05) is 42.5 Å². The number of para-hydroxylation sites is 2. The Labute approximate surface area is 195 Å². The molecule has 1 aliphatic rings. The monoisotopic (exact) mass is 445 g/mol. The molecule has 1 amide bonds. The molecule has 2 unspecified atom stereocenters. The number of hydrogen-bond acceptors (Lipinski definition) is 6. The quantitative estimate of drug-likeness (QED) is 0.533. The topological polar surface area (TPSA) is 70.6 Å². The zero-order chi connectivity index (χ0) is 23.0. The molecule has 0 radical (unpaired) electrons.